The highest BCUT2D eigenvalue weighted by Crippen LogP contribution is 2.39. The third-order valence-corrected chi connectivity index (χ3v) is 6.84. The Hall–Kier alpha value is -2.19. The van der Waals surface area contributed by atoms with Crippen molar-refractivity contribution in [3.63, 3.8) is 0 Å². The summed E-state index contributed by atoms with van der Waals surface area (Å²) in [6, 6.07) is 8.12. The highest BCUT2D eigenvalue weighted by atomic mass is 19.1. The van der Waals surface area contributed by atoms with E-state index in [0.29, 0.717) is 13.0 Å². The van der Waals surface area contributed by atoms with Crippen LogP contribution < -0.4 is 9.64 Å². The summed E-state index contributed by atoms with van der Waals surface area (Å²) in [5.41, 5.74) is 1.12. The van der Waals surface area contributed by atoms with Crippen molar-refractivity contribution in [2.24, 2.45) is 11.8 Å². The Bertz CT molecular complexity index is 799. The van der Waals surface area contributed by atoms with Gasteiger partial charge in [0.25, 0.3) is 0 Å². The topological polar surface area (TPSA) is 73.3 Å². The van der Waals surface area contributed by atoms with Crippen LogP contribution in [0.15, 0.2) is 24.3 Å². The predicted molar refractivity (Wildman–Crippen MR) is 119 cm³/mol. The van der Waals surface area contributed by atoms with Gasteiger partial charge in [0.1, 0.15) is 11.9 Å². The summed E-state index contributed by atoms with van der Waals surface area (Å²) in [6.07, 6.45) is -1.73. The lowest BCUT2D eigenvalue weighted by atomic mass is 9.78. The molecule has 0 radical (unpaired) electrons. The van der Waals surface area contributed by atoms with Crippen molar-refractivity contribution in [3.05, 3.63) is 24.3 Å². The standard InChI is InChI=1S/C24H34FN3O4/c1-16(2)32-22-7-4-3-6-20(22)27-12-10-26(11-13-27)8-5-9-28-23(30)17-14-19(25)21(29)15-18(17)24(28)31/h3-4,6-7,16-19,21,29H,5,8-15H2,1-2H3. The van der Waals surface area contributed by atoms with Crippen LogP contribution in [0.5, 0.6) is 5.75 Å². The molecule has 3 fully saturated rings. The first-order chi connectivity index (χ1) is 15.3. The van der Waals surface area contributed by atoms with Gasteiger partial charge in [-0.15, -0.1) is 0 Å². The van der Waals surface area contributed by atoms with Crippen LogP contribution >= 0.6 is 0 Å². The number of piperazine rings is 1. The molecular formula is C24H34FN3O4. The van der Waals surface area contributed by atoms with Gasteiger partial charge in [0.2, 0.25) is 11.8 Å². The number of carbonyl (C=O) groups is 2. The lowest BCUT2D eigenvalue weighted by molar-refractivity contribution is -0.140. The number of alkyl halides is 1. The van der Waals surface area contributed by atoms with E-state index in [1.165, 1.54) is 4.90 Å². The second-order valence-corrected chi connectivity index (χ2v) is 9.41. The van der Waals surface area contributed by atoms with Crippen LogP contribution in [0.4, 0.5) is 10.1 Å². The van der Waals surface area contributed by atoms with Crippen molar-refractivity contribution >= 4 is 17.5 Å². The molecule has 176 valence electrons. The average molecular weight is 448 g/mol. The van der Waals surface area contributed by atoms with E-state index in [4.69, 9.17) is 4.74 Å². The van der Waals surface area contributed by atoms with Crippen molar-refractivity contribution in [2.45, 2.75) is 51.5 Å². The average Bonchev–Trinajstić information content (AvgIpc) is 2.99. The maximum absolute atomic E-state index is 13.8. The summed E-state index contributed by atoms with van der Waals surface area (Å²) < 4.78 is 19.8. The molecule has 2 amide bonds. The Morgan fingerprint density at radius 3 is 2.38 bits per heavy atom. The van der Waals surface area contributed by atoms with Crippen molar-refractivity contribution in [2.75, 3.05) is 44.2 Å². The van der Waals surface area contributed by atoms with Crippen LogP contribution in [-0.4, -0.2) is 84.4 Å². The van der Waals surface area contributed by atoms with Crippen LogP contribution in [0.3, 0.4) is 0 Å². The van der Waals surface area contributed by atoms with Gasteiger partial charge in [0.05, 0.1) is 29.7 Å². The molecule has 7 nitrogen and oxygen atoms in total. The highest BCUT2D eigenvalue weighted by Gasteiger charge is 2.52. The number of benzene rings is 1. The number of anilines is 1. The predicted octanol–water partition coefficient (Wildman–Crippen LogP) is 2.08. The zero-order valence-electron chi connectivity index (χ0n) is 19.0. The largest absolute Gasteiger partial charge is 0.489 e. The van der Waals surface area contributed by atoms with Crippen molar-refractivity contribution in [1.29, 1.82) is 0 Å². The van der Waals surface area contributed by atoms with Gasteiger partial charge in [-0.25, -0.2) is 4.39 Å². The summed E-state index contributed by atoms with van der Waals surface area (Å²) >= 11 is 0. The number of hydrogen-bond acceptors (Lipinski definition) is 6. The molecule has 0 bridgehead atoms. The van der Waals surface area contributed by atoms with Crippen LogP contribution in [0.1, 0.15) is 33.1 Å². The number of ether oxygens (including phenoxy) is 1. The molecule has 4 rings (SSSR count). The molecule has 1 aromatic carbocycles. The number of aliphatic hydroxyl groups excluding tert-OH is 1. The molecule has 1 aliphatic carbocycles. The number of carbonyl (C=O) groups excluding carboxylic acids is 2. The van der Waals surface area contributed by atoms with E-state index in [0.717, 1.165) is 44.2 Å². The van der Waals surface area contributed by atoms with Gasteiger partial charge < -0.3 is 14.7 Å². The van der Waals surface area contributed by atoms with Gasteiger partial charge in [-0.05, 0) is 51.8 Å². The summed E-state index contributed by atoms with van der Waals surface area (Å²) in [4.78, 5) is 31.2. The lowest BCUT2D eigenvalue weighted by Gasteiger charge is -2.37. The van der Waals surface area contributed by atoms with Gasteiger partial charge in [-0.3, -0.25) is 19.4 Å². The van der Waals surface area contributed by atoms with Gasteiger partial charge in [-0.2, -0.15) is 0 Å². The molecule has 1 N–H and O–H groups in total. The smallest absolute Gasteiger partial charge is 0.233 e. The molecule has 2 aliphatic heterocycles. The summed E-state index contributed by atoms with van der Waals surface area (Å²) in [7, 11) is 0. The number of rotatable bonds is 7. The van der Waals surface area contributed by atoms with E-state index in [2.05, 4.69) is 15.9 Å². The van der Waals surface area contributed by atoms with E-state index in [-0.39, 0.29) is 30.8 Å². The molecule has 3 aliphatic rings. The van der Waals surface area contributed by atoms with E-state index in [1.54, 1.807) is 0 Å². The maximum Gasteiger partial charge on any atom is 0.233 e. The number of fused-ring (bicyclic) bond motifs is 1. The number of imide groups is 1. The molecule has 0 aromatic heterocycles. The molecule has 2 saturated heterocycles. The minimum atomic E-state index is -1.42. The first kappa shape index (κ1) is 23.0. The Labute approximate surface area is 189 Å². The molecule has 4 unspecified atom stereocenters. The maximum atomic E-state index is 13.8. The van der Waals surface area contributed by atoms with E-state index in [9.17, 15) is 19.1 Å². The van der Waals surface area contributed by atoms with Crippen LogP contribution in [0, 0.1) is 11.8 Å². The van der Waals surface area contributed by atoms with Crippen LogP contribution in [0.25, 0.3) is 0 Å². The van der Waals surface area contributed by atoms with Gasteiger partial charge in [-0.1, -0.05) is 12.1 Å². The van der Waals surface area contributed by atoms with Crippen molar-refractivity contribution in [3.8, 4) is 5.75 Å². The third kappa shape index (κ3) is 4.76. The number of nitrogens with zero attached hydrogens (tertiary/aromatic N) is 3. The summed E-state index contributed by atoms with van der Waals surface area (Å²) in [6.45, 7) is 8.80. The molecule has 0 spiro atoms. The normalized spacial score (nSPS) is 29.0. The highest BCUT2D eigenvalue weighted by molar-refractivity contribution is 6.05. The summed E-state index contributed by atoms with van der Waals surface area (Å²) in [5.74, 6) is -0.749. The van der Waals surface area contributed by atoms with Gasteiger partial charge in [0, 0.05) is 32.7 Å². The monoisotopic (exact) mass is 447 g/mol. The second-order valence-electron chi connectivity index (χ2n) is 9.41. The molecular weight excluding hydrogens is 413 g/mol. The van der Waals surface area contributed by atoms with Crippen LogP contribution in [0.2, 0.25) is 0 Å². The number of para-hydroxylation sites is 2. The molecule has 2 heterocycles. The second kappa shape index (κ2) is 9.75. The van der Waals surface area contributed by atoms with E-state index >= 15 is 0 Å². The molecule has 1 aromatic rings. The Morgan fingerprint density at radius 2 is 1.69 bits per heavy atom. The zero-order valence-corrected chi connectivity index (χ0v) is 19.0. The van der Waals surface area contributed by atoms with Crippen molar-refractivity contribution < 1.29 is 23.8 Å². The van der Waals surface area contributed by atoms with E-state index < -0.39 is 24.1 Å². The molecule has 4 atom stereocenters. The Balaban J connectivity index is 1.25. The first-order valence-electron chi connectivity index (χ1n) is 11.8. The molecule has 1 saturated carbocycles. The van der Waals surface area contributed by atoms with Gasteiger partial charge in [0.15, 0.2) is 0 Å². The number of halogens is 1. The fraction of sp³-hybridized carbons (Fsp3) is 0.667. The van der Waals surface area contributed by atoms with Crippen LogP contribution in [-0.2, 0) is 9.59 Å². The SMILES string of the molecule is CC(C)Oc1ccccc1N1CCN(CCCN2C(=O)C3CC(O)C(F)CC3C2=O)CC1. The molecule has 8 heteroatoms. The minimum Gasteiger partial charge on any atom is -0.489 e. The van der Waals surface area contributed by atoms with Crippen molar-refractivity contribution in [1.82, 2.24) is 9.80 Å². The number of aliphatic hydroxyl groups is 1. The number of hydrogen-bond donors (Lipinski definition) is 1. The fourth-order valence-corrected chi connectivity index (χ4v) is 5.15. The number of amides is 2. The Kier molecular flexibility index (Phi) is 7.00. The Morgan fingerprint density at radius 1 is 1.03 bits per heavy atom. The lowest BCUT2D eigenvalue weighted by Crippen LogP contribution is -2.47. The first-order valence-corrected chi connectivity index (χ1v) is 11.8. The quantitative estimate of drug-likeness (QED) is 0.646. The summed E-state index contributed by atoms with van der Waals surface area (Å²) in [5, 5.41) is 9.75. The number of likely N-dealkylation sites (tertiary alicyclic amines) is 1. The van der Waals surface area contributed by atoms with Gasteiger partial charge >= 0.3 is 0 Å². The molecule has 32 heavy (non-hydrogen) atoms. The van der Waals surface area contributed by atoms with E-state index in [1.807, 2.05) is 32.0 Å². The third-order valence-electron chi connectivity index (χ3n) is 6.84. The minimum absolute atomic E-state index is 0.0448. The zero-order chi connectivity index (χ0) is 22.8. The fourth-order valence-electron chi connectivity index (χ4n) is 5.15.